The van der Waals surface area contributed by atoms with Gasteiger partial charge in [0.2, 0.25) is 5.54 Å². The molecule has 0 aromatic heterocycles. The maximum atomic E-state index is 12.0. The van der Waals surface area contributed by atoms with E-state index in [2.05, 4.69) is 4.74 Å². The largest absolute Gasteiger partial charge is 0.467 e. The third kappa shape index (κ3) is 1.77. The van der Waals surface area contributed by atoms with E-state index >= 15 is 0 Å². The first-order chi connectivity index (χ1) is 8.56. The van der Waals surface area contributed by atoms with Gasteiger partial charge in [0, 0.05) is 6.42 Å². The molecule has 2 aliphatic rings. The van der Waals surface area contributed by atoms with Gasteiger partial charge in [-0.3, -0.25) is 9.68 Å². The van der Waals surface area contributed by atoms with Gasteiger partial charge in [0.25, 0.3) is 0 Å². The molecule has 2 aliphatic heterocycles. The highest BCUT2D eigenvalue weighted by Gasteiger charge is 2.65. The van der Waals surface area contributed by atoms with Crippen LogP contribution in [0.1, 0.15) is 13.3 Å². The lowest BCUT2D eigenvalue weighted by Crippen LogP contribution is -2.53. The molecule has 18 heavy (non-hydrogen) atoms. The Morgan fingerprint density at radius 3 is 2.89 bits per heavy atom. The number of aliphatic hydroxyl groups is 1. The molecule has 0 aromatic carbocycles. The third-order valence-corrected chi connectivity index (χ3v) is 3.04. The van der Waals surface area contributed by atoms with Gasteiger partial charge in [-0.05, 0) is 12.2 Å². The van der Waals surface area contributed by atoms with E-state index in [0.717, 1.165) is 5.23 Å². The molecule has 0 aliphatic carbocycles. The zero-order valence-electron chi connectivity index (χ0n) is 10.1. The Labute approximate surface area is 103 Å². The number of hydrogen-bond donors (Lipinski definition) is 1. The summed E-state index contributed by atoms with van der Waals surface area (Å²) in [5.41, 5.74) is -1.49. The predicted molar refractivity (Wildman–Crippen MR) is 54.7 cm³/mol. The number of carbonyl (C=O) groups excluding carboxylic acids is 2. The Balaban J connectivity index is 2.23. The highest BCUT2D eigenvalue weighted by atomic mass is 17.0. The Morgan fingerprint density at radius 2 is 2.28 bits per heavy atom. The van der Waals surface area contributed by atoms with Crippen LogP contribution >= 0.6 is 0 Å². The van der Waals surface area contributed by atoms with Crippen molar-refractivity contribution in [3.8, 4) is 0 Å². The summed E-state index contributed by atoms with van der Waals surface area (Å²) in [6.45, 7) is 1.71. The molecule has 2 fully saturated rings. The van der Waals surface area contributed by atoms with Crippen LogP contribution in [0.4, 0.5) is 0 Å². The normalized spacial score (nSPS) is 35.3. The molecule has 0 saturated carbocycles. The lowest BCUT2D eigenvalue weighted by atomic mass is 9.89. The van der Waals surface area contributed by atoms with Crippen LogP contribution in [0, 0.1) is 0 Å². The minimum Gasteiger partial charge on any atom is -0.467 e. The van der Waals surface area contributed by atoms with Crippen molar-refractivity contribution in [3.63, 3.8) is 0 Å². The van der Waals surface area contributed by atoms with E-state index in [1.54, 1.807) is 6.92 Å². The minimum atomic E-state index is -1.49. The maximum absolute atomic E-state index is 12.0. The summed E-state index contributed by atoms with van der Waals surface area (Å²) >= 11 is 0. The number of hydrogen-bond acceptors (Lipinski definition) is 8. The predicted octanol–water partition coefficient (Wildman–Crippen LogP) is -1.23. The molecule has 0 radical (unpaired) electrons. The molecule has 8 nitrogen and oxygen atoms in total. The first-order valence-corrected chi connectivity index (χ1v) is 5.59. The van der Waals surface area contributed by atoms with Crippen molar-refractivity contribution in [2.45, 2.75) is 31.1 Å². The third-order valence-electron chi connectivity index (χ3n) is 3.04. The van der Waals surface area contributed by atoms with Gasteiger partial charge in [-0.1, -0.05) is 0 Å². The minimum absolute atomic E-state index is 0.0698. The second-order valence-corrected chi connectivity index (χ2v) is 4.03. The van der Waals surface area contributed by atoms with Crippen LogP contribution in [0.2, 0.25) is 0 Å². The number of fused-ring (bicyclic) bond motifs is 1. The van der Waals surface area contributed by atoms with Gasteiger partial charge in [-0.25, -0.2) is 9.59 Å². The van der Waals surface area contributed by atoms with Gasteiger partial charge < -0.3 is 14.6 Å². The van der Waals surface area contributed by atoms with Gasteiger partial charge >= 0.3 is 11.9 Å². The van der Waals surface area contributed by atoms with Crippen LogP contribution in [0.3, 0.4) is 0 Å². The molecule has 0 amide bonds. The van der Waals surface area contributed by atoms with Crippen molar-refractivity contribution < 1.29 is 33.8 Å². The molecule has 3 unspecified atom stereocenters. The molecule has 1 N–H and O–H groups in total. The van der Waals surface area contributed by atoms with Crippen molar-refractivity contribution in [2.75, 3.05) is 20.3 Å². The van der Waals surface area contributed by atoms with Crippen molar-refractivity contribution in [2.24, 2.45) is 0 Å². The summed E-state index contributed by atoms with van der Waals surface area (Å²) in [6, 6.07) is 0. The second-order valence-electron chi connectivity index (χ2n) is 4.03. The van der Waals surface area contributed by atoms with E-state index in [1.165, 1.54) is 7.11 Å². The number of aliphatic hydroxyl groups excluding tert-OH is 1. The standard InChI is InChI=1S/C10H15NO7/c1-3-16-9(14)10-4-6(8(13)15-2)18-11(10)17-5-7(10)12/h6-7,12H,3-5H2,1-2H3. The number of hydroxylamine groups is 2. The molecule has 0 bridgehead atoms. The molecule has 2 heterocycles. The fourth-order valence-corrected chi connectivity index (χ4v) is 2.09. The van der Waals surface area contributed by atoms with E-state index < -0.39 is 29.7 Å². The Bertz CT molecular complexity index is 360. The number of nitrogens with zero attached hydrogens (tertiary/aromatic N) is 1. The van der Waals surface area contributed by atoms with E-state index in [1.807, 2.05) is 0 Å². The SMILES string of the molecule is CCOC(=O)C12CC(C(=O)OC)ON1OCC2O. The van der Waals surface area contributed by atoms with Gasteiger partial charge in [-0.2, -0.15) is 0 Å². The molecule has 0 aromatic rings. The fourth-order valence-electron chi connectivity index (χ4n) is 2.09. The molecule has 3 atom stereocenters. The van der Waals surface area contributed by atoms with Crippen LogP contribution in [0.15, 0.2) is 0 Å². The van der Waals surface area contributed by atoms with Crippen molar-refractivity contribution in [3.05, 3.63) is 0 Å². The summed E-state index contributed by atoms with van der Waals surface area (Å²) in [7, 11) is 1.21. The van der Waals surface area contributed by atoms with Crippen molar-refractivity contribution in [1.29, 1.82) is 0 Å². The zero-order valence-corrected chi connectivity index (χ0v) is 10.1. The summed E-state index contributed by atoms with van der Waals surface area (Å²) in [5, 5.41) is 10.8. The molecule has 2 saturated heterocycles. The van der Waals surface area contributed by atoms with Crippen LogP contribution in [0.5, 0.6) is 0 Å². The van der Waals surface area contributed by atoms with Gasteiger partial charge in [0.15, 0.2) is 6.10 Å². The summed E-state index contributed by atoms with van der Waals surface area (Å²) in [6.07, 6.45) is -2.18. The lowest BCUT2D eigenvalue weighted by Gasteiger charge is -2.26. The van der Waals surface area contributed by atoms with E-state index in [9.17, 15) is 14.7 Å². The Kier molecular flexibility index (Phi) is 3.53. The molecule has 8 heteroatoms. The summed E-state index contributed by atoms with van der Waals surface area (Å²) in [4.78, 5) is 33.6. The monoisotopic (exact) mass is 261 g/mol. The Morgan fingerprint density at radius 1 is 1.56 bits per heavy atom. The highest BCUT2D eigenvalue weighted by Crippen LogP contribution is 2.40. The quantitative estimate of drug-likeness (QED) is 0.631. The summed E-state index contributed by atoms with van der Waals surface area (Å²) < 4.78 is 9.45. The first-order valence-electron chi connectivity index (χ1n) is 5.59. The molecular weight excluding hydrogens is 246 g/mol. The number of rotatable bonds is 3. The van der Waals surface area contributed by atoms with E-state index in [4.69, 9.17) is 14.4 Å². The average Bonchev–Trinajstić information content (AvgIpc) is 2.88. The number of methoxy groups -OCH3 is 1. The number of esters is 2. The lowest BCUT2D eigenvalue weighted by molar-refractivity contribution is -0.353. The molecule has 102 valence electrons. The van der Waals surface area contributed by atoms with Crippen LogP contribution in [-0.2, 0) is 28.7 Å². The first kappa shape index (κ1) is 13.2. The number of ether oxygens (including phenoxy) is 2. The van der Waals surface area contributed by atoms with Crippen LogP contribution in [0.25, 0.3) is 0 Å². The maximum Gasteiger partial charge on any atom is 0.337 e. The Hall–Kier alpha value is -1.22. The summed E-state index contributed by atoms with van der Waals surface area (Å²) in [5.74, 6) is -1.31. The topological polar surface area (TPSA) is 94.5 Å². The van der Waals surface area contributed by atoms with Gasteiger partial charge in [-0.15, -0.1) is 0 Å². The number of carbonyl (C=O) groups is 2. The van der Waals surface area contributed by atoms with Crippen LogP contribution < -0.4 is 0 Å². The van der Waals surface area contributed by atoms with Crippen molar-refractivity contribution in [1.82, 2.24) is 5.23 Å². The smallest absolute Gasteiger partial charge is 0.337 e. The van der Waals surface area contributed by atoms with Crippen LogP contribution in [-0.4, -0.2) is 60.3 Å². The average molecular weight is 261 g/mol. The van der Waals surface area contributed by atoms with Crippen molar-refractivity contribution >= 4 is 11.9 Å². The van der Waals surface area contributed by atoms with Gasteiger partial charge in [0.05, 0.1) is 20.3 Å². The molecule has 2 rings (SSSR count). The highest BCUT2D eigenvalue weighted by molar-refractivity contribution is 5.84. The van der Waals surface area contributed by atoms with E-state index in [0.29, 0.717) is 0 Å². The fraction of sp³-hybridized carbons (Fsp3) is 0.800. The molecular formula is C10H15NO7. The zero-order chi connectivity index (χ0) is 13.3. The second kappa shape index (κ2) is 4.81. The van der Waals surface area contributed by atoms with E-state index in [-0.39, 0.29) is 19.6 Å². The molecule has 0 spiro atoms. The van der Waals surface area contributed by atoms with Gasteiger partial charge in [0.1, 0.15) is 6.10 Å².